The Morgan fingerprint density at radius 3 is 2.78 bits per heavy atom. The zero-order valence-corrected chi connectivity index (χ0v) is 13.2. The van der Waals surface area contributed by atoms with Crippen LogP contribution in [0.1, 0.15) is 25.8 Å². The monoisotopic (exact) mass is 316 g/mol. The molecule has 0 unspecified atom stereocenters. The lowest BCUT2D eigenvalue weighted by molar-refractivity contribution is -0.236. The fraction of sp³-hybridized carbons (Fsp3) is 0.500. The molecule has 3 aliphatic rings. The summed E-state index contributed by atoms with van der Waals surface area (Å²) in [5.74, 6) is -0.836. The number of hydrogen-bond acceptors (Lipinski definition) is 5. The Bertz CT molecular complexity index is 638. The Balaban J connectivity index is 1.63. The van der Waals surface area contributed by atoms with Gasteiger partial charge >= 0.3 is 0 Å². The van der Waals surface area contributed by atoms with Crippen LogP contribution in [0.3, 0.4) is 0 Å². The SMILES string of the molecule is CC1(C)O[C@H]2O[C@@H]3C(=O)C=CC[C@]3(OCc3ccccc3)[C@H]2O1. The first-order valence-electron chi connectivity index (χ1n) is 7.90. The second-order valence-electron chi connectivity index (χ2n) is 6.68. The Morgan fingerprint density at radius 1 is 1.22 bits per heavy atom. The molecule has 0 bridgehead atoms. The van der Waals surface area contributed by atoms with Crippen LogP contribution in [-0.2, 0) is 30.3 Å². The van der Waals surface area contributed by atoms with Crippen molar-refractivity contribution >= 4 is 5.78 Å². The number of carbonyl (C=O) groups excluding carboxylic acids is 1. The molecule has 1 aliphatic carbocycles. The van der Waals surface area contributed by atoms with E-state index in [0.717, 1.165) is 5.56 Å². The summed E-state index contributed by atoms with van der Waals surface area (Å²) in [7, 11) is 0. The van der Waals surface area contributed by atoms with Crippen LogP contribution in [0.15, 0.2) is 42.5 Å². The van der Waals surface area contributed by atoms with Crippen molar-refractivity contribution in [3.05, 3.63) is 48.0 Å². The molecule has 4 atom stereocenters. The summed E-state index contributed by atoms with van der Waals surface area (Å²) in [5, 5.41) is 0. The lowest BCUT2D eigenvalue weighted by Crippen LogP contribution is -2.54. The third kappa shape index (κ3) is 2.44. The highest BCUT2D eigenvalue weighted by atomic mass is 16.8. The van der Waals surface area contributed by atoms with Gasteiger partial charge in [0.1, 0.15) is 11.7 Å². The molecule has 0 radical (unpaired) electrons. The maximum absolute atomic E-state index is 12.3. The van der Waals surface area contributed by atoms with E-state index in [4.69, 9.17) is 18.9 Å². The Morgan fingerprint density at radius 2 is 2.00 bits per heavy atom. The molecule has 1 aromatic rings. The normalized spacial score (nSPS) is 37.7. The molecule has 2 fully saturated rings. The van der Waals surface area contributed by atoms with Gasteiger partial charge in [-0.25, -0.2) is 0 Å². The number of fused-ring (bicyclic) bond motifs is 3. The van der Waals surface area contributed by atoms with E-state index in [1.165, 1.54) is 0 Å². The van der Waals surface area contributed by atoms with Crippen LogP contribution >= 0.6 is 0 Å². The van der Waals surface area contributed by atoms with Crippen molar-refractivity contribution in [3.63, 3.8) is 0 Å². The number of hydrogen-bond donors (Lipinski definition) is 0. The van der Waals surface area contributed by atoms with E-state index >= 15 is 0 Å². The molecule has 5 heteroatoms. The minimum Gasteiger partial charge on any atom is -0.364 e. The molecule has 122 valence electrons. The minimum atomic E-state index is -0.833. The summed E-state index contributed by atoms with van der Waals surface area (Å²) in [4.78, 5) is 12.3. The molecule has 2 aliphatic heterocycles. The Kier molecular flexibility index (Phi) is 3.43. The van der Waals surface area contributed by atoms with Gasteiger partial charge in [-0.2, -0.15) is 0 Å². The van der Waals surface area contributed by atoms with Gasteiger partial charge in [-0.3, -0.25) is 4.79 Å². The Hall–Kier alpha value is -1.53. The molecular weight excluding hydrogens is 296 g/mol. The van der Waals surface area contributed by atoms with Crippen LogP contribution in [0.5, 0.6) is 0 Å². The van der Waals surface area contributed by atoms with Crippen molar-refractivity contribution < 1.29 is 23.7 Å². The molecule has 1 aromatic carbocycles. The van der Waals surface area contributed by atoms with Crippen molar-refractivity contribution in [2.24, 2.45) is 0 Å². The number of ketones is 1. The van der Waals surface area contributed by atoms with Crippen LogP contribution in [-0.4, -0.2) is 35.7 Å². The van der Waals surface area contributed by atoms with Gasteiger partial charge in [0.15, 0.2) is 24.0 Å². The Labute approximate surface area is 135 Å². The highest BCUT2D eigenvalue weighted by Crippen LogP contribution is 2.48. The molecule has 23 heavy (non-hydrogen) atoms. The molecule has 4 rings (SSSR count). The van der Waals surface area contributed by atoms with Gasteiger partial charge in [0.05, 0.1) is 6.61 Å². The fourth-order valence-electron chi connectivity index (χ4n) is 3.54. The van der Waals surface area contributed by atoms with E-state index in [2.05, 4.69) is 0 Å². The van der Waals surface area contributed by atoms with Gasteiger partial charge in [-0.1, -0.05) is 36.4 Å². The molecule has 0 aromatic heterocycles. The van der Waals surface area contributed by atoms with E-state index in [1.54, 1.807) is 6.08 Å². The quantitative estimate of drug-likeness (QED) is 0.857. The average molecular weight is 316 g/mol. The van der Waals surface area contributed by atoms with Gasteiger partial charge in [0.2, 0.25) is 0 Å². The van der Waals surface area contributed by atoms with Crippen molar-refractivity contribution in [2.75, 3.05) is 0 Å². The molecule has 0 amide bonds. The first-order valence-corrected chi connectivity index (χ1v) is 7.90. The van der Waals surface area contributed by atoms with E-state index in [9.17, 15) is 4.79 Å². The van der Waals surface area contributed by atoms with Crippen molar-refractivity contribution in [3.8, 4) is 0 Å². The smallest absolute Gasteiger partial charge is 0.191 e. The van der Waals surface area contributed by atoms with Gasteiger partial charge in [0.25, 0.3) is 0 Å². The number of ether oxygens (including phenoxy) is 4. The van der Waals surface area contributed by atoms with Crippen LogP contribution in [0.2, 0.25) is 0 Å². The van der Waals surface area contributed by atoms with Crippen molar-refractivity contribution in [1.29, 1.82) is 0 Å². The summed E-state index contributed by atoms with van der Waals surface area (Å²) < 4.78 is 23.9. The summed E-state index contributed by atoms with van der Waals surface area (Å²) in [5.41, 5.74) is 0.212. The molecular formula is C18H20O5. The van der Waals surface area contributed by atoms with Gasteiger partial charge in [-0.15, -0.1) is 0 Å². The number of carbonyl (C=O) groups is 1. The summed E-state index contributed by atoms with van der Waals surface area (Å²) in [6, 6.07) is 9.88. The van der Waals surface area contributed by atoms with Crippen LogP contribution in [0, 0.1) is 0 Å². The standard InChI is InChI=1S/C18H20O5/c1-17(2)22-15-16(23-17)21-14-13(19)9-6-10-18(14,15)20-11-12-7-4-3-5-8-12/h3-9,14-16H,10-11H2,1-2H3/t14-,15+,16-,18-/m1/s1. The third-order valence-corrected chi connectivity index (χ3v) is 4.58. The average Bonchev–Trinajstić information content (AvgIpc) is 2.98. The zero-order chi connectivity index (χ0) is 16.1. The maximum Gasteiger partial charge on any atom is 0.191 e. The summed E-state index contributed by atoms with van der Waals surface area (Å²) in [6.45, 7) is 4.08. The summed E-state index contributed by atoms with van der Waals surface area (Å²) in [6.07, 6.45) is 2.29. The number of rotatable bonds is 3. The van der Waals surface area contributed by atoms with E-state index in [-0.39, 0.29) is 5.78 Å². The van der Waals surface area contributed by atoms with Crippen LogP contribution in [0.4, 0.5) is 0 Å². The topological polar surface area (TPSA) is 54.0 Å². The van der Waals surface area contributed by atoms with Crippen LogP contribution in [0.25, 0.3) is 0 Å². The second-order valence-corrected chi connectivity index (χ2v) is 6.68. The van der Waals surface area contributed by atoms with Gasteiger partial charge in [0, 0.05) is 6.42 Å². The highest BCUT2D eigenvalue weighted by Gasteiger charge is 2.66. The third-order valence-electron chi connectivity index (χ3n) is 4.58. The van der Waals surface area contributed by atoms with E-state index in [0.29, 0.717) is 13.0 Å². The van der Waals surface area contributed by atoms with Gasteiger partial charge in [-0.05, 0) is 25.5 Å². The molecule has 0 N–H and O–H groups in total. The maximum atomic E-state index is 12.3. The zero-order valence-electron chi connectivity index (χ0n) is 13.2. The molecule has 2 saturated heterocycles. The first-order chi connectivity index (χ1) is 11.0. The predicted molar refractivity (Wildman–Crippen MR) is 81.4 cm³/mol. The lowest BCUT2D eigenvalue weighted by atomic mass is 9.82. The van der Waals surface area contributed by atoms with E-state index in [1.807, 2.05) is 50.3 Å². The van der Waals surface area contributed by atoms with Crippen molar-refractivity contribution in [1.82, 2.24) is 0 Å². The first kappa shape index (κ1) is 15.0. The van der Waals surface area contributed by atoms with Crippen LogP contribution < -0.4 is 0 Å². The minimum absolute atomic E-state index is 0.0938. The molecule has 0 spiro atoms. The number of benzene rings is 1. The highest BCUT2D eigenvalue weighted by molar-refractivity contribution is 5.96. The predicted octanol–water partition coefficient (Wildman–Crippen LogP) is 2.35. The summed E-state index contributed by atoms with van der Waals surface area (Å²) >= 11 is 0. The molecule has 2 heterocycles. The largest absolute Gasteiger partial charge is 0.364 e. The van der Waals surface area contributed by atoms with Crippen molar-refractivity contribution in [2.45, 2.75) is 56.8 Å². The lowest BCUT2D eigenvalue weighted by Gasteiger charge is -2.38. The molecule has 5 nitrogen and oxygen atoms in total. The molecule has 0 saturated carbocycles. The van der Waals surface area contributed by atoms with Gasteiger partial charge < -0.3 is 18.9 Å². The fourth-order valence-corrected chi connectivity index (χ4v) is 3.54. The van der Waals surface area contributed by atoms with E-state index < -0.39 is 29.9 Å². The second kappa shape index (κ2) is 5.24.